The van der Waals surface area contributed by atoms with Crippen LogP contribution in [-0.2, 0) is 17.8 Å². The van der Waals surface area contributed by atoms with Crippen molar-refractivity contribution in [1.29, 1.82) is 0 Å². The zero-order chi connectivity index (χ0) is 16.8. The van der Waals surface area contributed by atoms with Crippen LogP contribution in [0.4, 0.5) is 0 Å². The van der Waals surface area contributed by atoms with E-state index in [4.69, 9.17) is 4.74 Å². The van der Waals surface area contributed by atoms with Crippen LogP contribution in [-0.4, -0.2) is 36.0 Å². The van der Waals surface area contributed by atoms with Crippen molar-refractivity contribution in [2.24, 2.45) is 5.92 Å². The van der Waals surface area contributed by atoms with Crippen LogP contribution >= 0.6 is 0 Å². The minimum Gasteiger partial charge on any atom is -0.380 e. The van der Waals surface area contributed by atoms with Crippen molar-refractivity contribution in [2.75, 3.05) is 20.2 Å². The Bertz CT molecular complexity index is 647. The van der Waals surface area contributed by atoms with Crippen molar-refractivity contribution in [3.63, 3.8) is 0 Å². The summed E-state index contributed by atoms with van der Waals surface area (Å²) in [6, 6.07) is 12.2. The highest BCUT2D eigenvalue weighted by atomic mass is 16.5. The molecule has 126 valence electrons. The molecular weight excluding hydrogens is 300 g/mol. The maximum absolute atomic E-state index is 12.5. The number of aromatic nitrogens is 1. The molecule has 0 saturated carbocycles. The molecule has 1 aliphatic rings. The Hall–Kier alpha value is -2.20. The summed E-state index contributed by atoms with van der Waals surface area (Å²) in [6.07, 6.45) is 6.57. The summed E-state index contributed by atoms with van der Waals surface area (Å²) >= 11 is 0. The van der Waals surface area contributed by atoms with Crippen molar-refractivity contribution in [3.05, 3.63) is 65.5 Å². The van der Waals surface area contributed by atoms with Crippen molar-refractivity contribution >= 4 is 5.91 Å². The molecule has 0 bridgehead atoms. The van der Waals surface area contributed by atoms with E-state index in [1.54, 1.807) is 31.6 Å². The zero-order valence-corrected chi connectivity index (χ0v) is 14.1. The van der Waals surface area contributed by atoms with E-state index < -0.39 is 0 Å². The molecule has 4 heteroatoms. The molecule has 1 aliphatic heterocycles. The highest BCUT2D eigenvalue weighted by Crippen LogP contribution is 2.23. The molecule has 0 radical (unpaired) electrons. The van der Waals surface area contributed by atoms with Crippen LogP contribution in [0.5, 0.6) is 0 Å². The van der Waals surface area contributed by atoms with Crippen molar-refractivity contribution in [3.8, 4) is 0 Å². The first-order valence-electron chi connectivity index (χ1n) is 8.52. The third-order valence-corrected chi connectivity index (χ3v) is 4.69. The molecule has 2 aromatic rings. The van der Waals surface area contributed by atoms with Crippen molar-refractivity contribution < 1.29 is 9.53 Å². The van der Waals surface area contributed by atoms with Gasteiger partial charge < -0.3 is 9.64 Å². The Kier molecular flexibility index (Phi) is 5.59. The number of carbonyl (C=O) groups excluding carboxylic acids is 1. The summed E-state index contributed by atoms with van der Waals surface area (Å²) in [5.41, 5.74) is 3.31. The van der Waals surface area contributed by atoms with E-state index >= 15 is 0 Å². The molecule has 1 fully saturated rings. The van der Waals surface area contributed by atoms with E-state index in [0.717, 1.165) is 37.9 Å². The summed E-state index contributed by atoms with van der Waals surface area (Å²) in [7, 11) is 1.72. The van der Waals surface area contributed by atoms with Gasteiger partial charge in [0.1, 0.15) is 0 Å². The fraction of sp³-hybridized carbons (Fsp3) is 0.400. The van der Waals surface area contributed by atoms with Gasteiger partial charge in [-0.2, -0.15) is 0 Å². The average molecular weight is 324 g/mol. The summed E-state index contributed by atoms with van der Waals surface area (Å²) in [5.74, 6) is 0.777. The van der Waals surface area contributed by atoms with E-state index in [9.17, 15) is 4.79 Å². The number of likely N-dealkylation sites (tertiary alicyclic amines) is 1. The van der Waals surface area contributed by atoms with Gasteiger partial charge in [-0.05, 0) is 48.4 Å². The first kappa shape index (κ1) is 16.7. The van der Waals surface area contributed by atoms with Gasteiger partial charge in [0.2, 0.25) is 0 Å². The Morgan fingerprint density at radius 3 is 2.33 bits per heavy atom. The topological polar surface area (TPSA) is 42.4 Å². The molecule has 1 aromatic carbocycles. The van der Waals surface area contributed by atoms with Crippen LogP contribution in [0.15, 0.2) is 48.8 Å². The Labute approximate surface area is 143 Å². The van der Waals surface area contributed by atoms with Gasteiger partial charge in [0, 0.05) is 38.2 Å². The Morgan fingerprint density at radius 2 is 1.71 bits per heavy atom. The molecule has 2 heterocycles. The smallest absolute Gasteiger partial charge is 0.253 e. The average Bonchev–Trinajstić information content (AvgIpc) is 2.64. The number of ether oxygens (including phenoxy) is 1. The number of amides is 1. The quantitative estimate of drug-likeness (QED) is 0.847. The second-order valence-electron chi connectivity index (χ2n) is 6.43. The highest BCUT2D eigenvalue weighted by molar-refractivity contribution is 5.94. The number of piperidine rings is 1. The number of methoxy groups -OCH3 is 1. The van der Waals surface area contributed by atoms with Gasteiger partial charge in [0.05, 0.1) is 6.61 Å². The van der Waals surface area contributed by atoms with Crippen LogP contribution in [0, 0.1) is 5.92 Å². The van der Waals surface area contributed by atoms with Crippen LogP contribution < -0.4 is 0 Å². The van der Waals surface area contributed by atoms with Gasteiger partial charge in [0.15, 0.2) is 0 Å². The zero-order valence-electron chi connectivity index (χ0n) is 14.1. The summed E-state index contributed by atoms with van der Waals surface area (Å²) in [5, 5.41) is 0. The maximum Gasteiger partial charge on any atom is 0.253 e. The second-order valence-corrected chi connectivity index (χ2v) is 6.43. The molecule has 4 nitrogen and oxygen atoms in total. The number of hydrogen-bond donors (Lipinski definition) is 0. The van der Waals surface area contributed by atoms with Gasteiger partial charge >= 0.3 is 0 Å². The minimum absolute atomic E-state index is 0.125. The second kappa shape index (κ2) is 8.06. The molecule has 24 heavy (non-hydrogen) atoms. The molecule has 1 amide bonds. The molecule has 0 N–H and O–H groups in total. The number of nitrogens with zero attached hydrogens (tertiary/aromatic N) is 2. The maximum atomic E-state index is 12.5. The lowest BCUT2D eigenvalue weighted by molar-refractivity contribution is 0.0690. The Morgan fingerprint density at radius 1 is 1.08 bits per heavy atom. The van der Waals surface area contributed by atoms with Gasteiger partial charge in [-0.1, -0.05) is 24.3 Å². The molecule has 1 aromatic heterocycles. The predicted octanol–water partition coefficient (Wildman–Crippen LogP) is 3.32. The number of hydrogen-bond acceptors (Lipinski definition) is 3. The molecule has 0 spiro atoms. The van der Waals surface area contributed by atoms with E-state index in [-0.39, 0.29) is 5.91 Å². The highest BCUT2D eigenvalue weighted by Gasteiger charge is 2.23. The van der Waals surface area contributed by atoms with Crippen LogP contribution in [0.2, 0.25) is 0 Å². The van der Waals surface area contributed by atoms with E-state index in [2.05, 4.69) is 29.2 Å². The third-order valence-electron chi connectivity index (χ3n) is 4.69. The van der Waals surface area contributed by atoms with E-state index in [0.29, 0.717) is 12.5 Å². The lowest BCUT2D eigenvalue weighted by atomic mass is 9.89. The molecule has 1 saturated heterocycles. The Balaban J connectivity index is 1.51. The fourth-order valence-electron chi connectivity index (χ4n) is 3.29. The first-order valence-corrected chi connectivity index (χ1v) is 8.52. The van der Waals surface area contributed by atoms with Gasteiger partial charge in [-0.15, -0.1) is 0 Å². The fourth-order valence-corrected chi connectivity index (χ4v) is 3.29. The lowest BCUT2D eigenvalue weighted by Crippen LogP contribution is -2.38. The predicted molar refractivity (Wildman–Crippen MR) is 93.7 cm³/mol. The summed E-state index contributed by atoms with van der Waals surface area (Å²) < 4.78 is 5.15. The van der Waals surface area contributed by atoms with Crippen LogP contribution in [0.3, 0.4) is 0 Å². The third kappa shape index (κ3) is 4.20. The van der Waals surface area contributed by atoms with Crippen LogP contribution in [0.1, 0.15) is 34.3 Å². The minimum atomic E-state index is 0.125. The van der Waals surface area contributed by atoms with Crippen molar-refractivity contribution in [2.45, 2.75) is 25.9 Å². The first-order chi connectivity index (χ1) is 11.8. The SMILES string of the molecule is COCc1ccc(CC2CCN(C(=O)c3ccncc3)CC2)cc1. The van der Waals surface area contributed by atoms with Gasteiger partial charge in [-0.3, -0.25) is 9.78 Å². The summed E-state index contributed by atoms with van der Waals surface area (Å²) in [6.45, 7) is 2.34. The van der Waals surface area contributed by atoms with Gasteiger partial charge in [-0.25, -0.2) is 0 Å². The largest absolute Gasteiger partial charge is 0.380 e. The normalized spacial score (nSPS) is 15.5. The lowest BCUT2D eigenvalue weighted by Gasteiger charge is -2.32. The molecule has 0 aliphatic carbocycles. The number of benzene rings is 1. The number of carbonyl (C=O) groups is 1. The monoisotopic (exact) mass is 324 g/mol. The van der Waals surface area contributed by atoms with Crippen molar-refractivity contribution in [1.82, 2.24) is 9.88 Å². The molecule has 0 atom stereocenters. The number of rotatable bonds is 5. The number of pyridine rings is 1. The standard InChI is InChI=1S/C20H24N2O2/c1-24-15-18-4-2-16(3-5-18)14-17-8-12-22(13-9-17)20(23)19-6-10-21-11-7-19/h2-7,10-11,17H,8-9,12-15H2,1H3. The molecule has 0 unspecified atom stereocenters. The molecule has 3 rings (SSSR count). The van der Waals surface area contributed by atoms with E-state index in [1.807, 2.05) is 4.90 Å². The summed E-state index contributed by atoms with van der Waals surface area (Å²) in [4.78, 5) is 18.4. The molecular formula is C20H24N2O2. The van der Waals surface area contributed by atoms with Gasteiger partial charge in [0.25, 0.3) is 5.91 Å². The van der Waals surface area contributed by atoms with Crippen LogP contribution in [0.25, 0.3) is 0 Å². The van der Waals surface area contributed by atoms with E-state index in [1.165, 1.54) is 11.1 Å².